The van der Waals surface area contributed by atoms with Gasteiger partial charge in [-0.15, -0.1) is 11.8 Å². The predicted molar refractivity (Wildman–Crippen MR) is 99.9 cm³/mol. The molecule has 0 aliphatic carbocycles. The molecule has 0 aliphatic heterocycles. The van der Waals surface area contributed by atoms with Crippen molar-refractivity contribution in [3.8, 4) is 6.07 Å². The summed E-state index contributed by atoms with van der Waals surface area (Å²) < 4.78 is 6.50. The van der Waals surface area contributed by atoms with Crippen LogP contribution in [0, 0.1) is 11.3 Å². The first-order chi connectivity index (χ1) is 9.99. The van der Waals surface area contributed by atoms with Crippen LogP contribution in [0.25, 0.3) is 0 Å². The Hall–Kier alpha value is -0.963. The number of anilines is 1. The summed E-state index contributed by atoms with van der Waals surface area (Å²) in [5, 5.41) is 9.92. The van der Waals surface area contributed by atoms with E-state index < -0.39 is 13.3 Å². The van der Waals surface area contributed by atoms with Crippen LogP contribution in [0.3, 0.4) is 0 Å². The van der Waals surface area contributed by atoms with Gasteiger partial charge in [0.05, 0.1) is 0 Å². The highest BCUT2D eigenvalue weighted by Gasteiger charge is 2.46. The molecule has 0 bridgehead atoms. The molecule has 1 aromatic rings. The molecule has 1 unspecified atom stereocenters. The van der Waals surface area contributed by atoms with Crippen molar-refractivity contribution in [3.63, 3.8) is 0 Å². The van der Waals surface area contributed by atoms with Crippen LogP contribution < -0.4 is 4.90 Å². The summed E-state index contributed by atoms with van der Waals surface area (Å²) >= 11 is 1.47. The predicted octanol–water partition coefficient (Wildman–Crippen LogP) is 4.81. The average Bonchev–Trinajstić information content (AvgIpc) is 2.43. The Morgan fingerprint density at radius 2 is 1.64 bits per heavy atom. The van der Waals surface area contributed by atoms with E-state index >= 15 is 0 Å². The minimum absolute atomic E-state index is 0.0639. The van der Waals surface area contributed by atoms with Crippen LogP contribution in [0.2, 0.25) is 18.1 Å². The van der Waals surface area contributed by atoms with Gasteiger partial charge in [-0.2, -0.15) is 5.26 Å². The van der Waals surface area contributed by atoms with Crippen LogP contribution in [-0.2, 0) is 9.36 Å². The molecule has 1 rings (SSSR count). The van der Waals surface area contributed by atoms with Gasteiger partial charge >= 0.3 is 0 Å². The van der Waals surface area contributed by atoms with Gasteiger partial charge in [0.2, 0.25) is 4.93 Å². The van der Waals surface area contributed by atoms with Crippen molar-refractivity contribution in [3.05, 3.63) is 29.8 Å². The van der Waals surface area contributed by atoms with Crippen molar-refractivity contribution in [1.29, 1.82) is 5.26 Å². The van der Waals surface area contributed by atoms with Gasteiger partial charge < -0.3 is 9.33 Å². The Bertz CT molecular complexity index is 543. The minimum Gasteiger partial charge on any atom is -0.388 e. The molecule has 22 heavy (non-hydrogen) atoms. The third-order valence-corrected chi connectivity index (χ3v) is 9.97. The molecule has 0 N–H and O–H groups in total. The fourth-order valence-corrected chi connectivity index (χ4v) is 4.45. The zero-order valence-electron chi connectivity index (χ0n) is 15.0. The fraction of sp³-hybridized carbons (Fsp3) is 0.588. The lowest BCUT2D eigenvalue weighted by molar-refractivity contribution is 0.202. The van der Waals surface area contributed by atoms with E-state index in [1.807, 2.05) is 49.5 Å². The summed E-state index contributed by atoms with van der Waals surface area (Å²) in [5.41, 5.74) is 2.03. The van der Waals surface area contributed by atoms with Gasteiger partial charge in [0.15, 0.2) is 8.32 Å². The molecule has 1 atom stereocenters. The zero-order chi connectivity index (χ0) is 17.2. The summed E-state index contributed by atoms with van der Waals surface area (Å²) in [6.07, 6.45) is 1.94. The molecule has 0 fully saturated rings. The van der Waals surface area contributed by atoms with E-state index in [0.717, 1.165) is 11.3 Å². The zero-order valence-corrected chi connectivity index (χ0v) is 16.8. The maximum Gasteiger partial charge on any atom is 0.217 e. The van der Waals surface area contributed by atoms with Crippen LogP contribution in [0.4, 0.5) is 5.69 Å². The second-order valence-electron chi connectivity index (χ2n) is 7.24. The summed E-state index contributed by atoms with van der Waals surface area (Å²) in [7, 11) is 1.96. The lowest BCUT2D eigenvalue weighted by Gasteiger charge is -2.42. The van der Waals surface area contributed by atoms with Crippen LogP contribution in [0.1, 0.15) is 26.3 Å². The standard InChI is InChI=1S/C17H28N2OSSi/c1-16(2,3)22(7,8)20-17(13-18,21-6)14-9-11-15(12-10-14)19(4)5/h9-12H,1-8H3. The lowest BCUT2D eigenvalue weighted by Crippen LogP contribution is -2.46. The van der Waals surface area contributed by atoms with Crippen molar-refractivity contribution in [2.45, 2.75) is 43.8 Å². The third-order valence-electron chi connectivity index (χ3n) is 4.40. The van der Waals surface area contributed by atoms with Gasteiger partial charge in [0.1, 0.15) is 6.07 Å². The van der Waals surface area contributed by atoms with Crippen LogP contribution in [0.5, 0.6) is 0 Å². The molecule has 3 nitrogen and oxygen atoms in total. The van der Waals surface area contributed by atoms with E-state index in [1.54, 1.807) is 0 Å². The van der Waals surface area contributed by atoms with Crippen molar-refractivity contribution < 1.29 is 4.43 Å². The second-order valence-corrected chi connectivity index (χ2v) is 12.9. The Morgan fingerprint density at radius 3 is 1.95 bits per heavy atom. The number of hydrogen-bond acceptors (Lipinski definition) is 4. The molecule has 0 saturated heterocycles. The molecule has 0 spiro atoms. The Balaban J connectivity index is 3.25. The van der Waals surface area contributed by atoms with Gasteiger partial charge in [0, 0.05) is 25.3 Å². The third kappa shape index (κ3) is 3.86. The molecule has 122 valence electrons. The van der Waals surface area contributed by atoms with E-state index in [0.29, 0.717) is 0 Å². The monoisotopic (exact) mass is 336 g/mol. The number of thioether (sulfide) groups is 1. The van der Waals surface area contributed by atoms with Crippen molar-refractivity contribution in [1.82, 2.24) is 0 Å². The first-order valence-corrected chi connectivity index (χ1v) is 11.6. The SMILES string of the molecule is CSC(C#N)(O[Si](C)(C)C(C)(C)C)c1ccc(N(C)C)cc1. The molecule has 0 amide bonds. The average molecular weight is 337 g/mol. The Kier molecular flexibility index (Phi) is 5.77. The summed E-state index contributed by atoms with van der Waals surface area (Å²) in [6, 6.07) is 10.5. The maximum atomic E-state index is 9.85. The van der Waals surface area contributed by atoms with E-state index in [2.05, 4.69) is 39.9 Å². The van der Waals surface area contributed by atoms with Crippen molar-refractivity contribution >= 4 is 25.8 Å². The molecular weight excluding hydrogens is 308 g/mol. The van der Waals surface area contributed by atoms with Crippen LogP contribution in [-0.4, -0.2) is 28.7 Å². The summed E-state index contributed by atoms with van der Waals surface area (Å²) in [6.45, 7) is 10.9. The van der Waals surface area contributed by atoms with Crippen molar-refractivity contribution in [2.75, 3.05) is 25.3 Å². The van der Waals surface area contributed by atoms with Gasteiger partial charge in [-0.25, -0.2) is 0 Å². The lowest BCUT2D eigenvalue weighted by atomic mass is 10.1. The largest absolute Gasteiger partial charge is 0.388 e. The summed E-state index contributed by atoms with van der Waals surface area (Å²) in [4.78, 5) is 1.11. The topological polar surface area (TPSA) is 36.3 Å². The number of nitriles is 1. The highest BCUT2D eigenvalue weighted by molar-refractivity contribution is 7.99. The number of benzene rings is 1. The normalized spacial score (nSPS) is 15.0. The van der Waals surface area contributed by atoms with E-state index in [1.165, 1.54) is 11.8 Å². The molecule has 0 saturated carbocycles. The Morgan fingerprint density at radius 1 is 1.14 bits per heavy atom. The summed E-state index contributed by atoms with van der Waals surface area (Å²) in [5.74, 6) is 0. The van der Waals surface area contributed by atoms with E-state index in [-0.39, 0.29) is 5.04 Å². The van der Waals surface area contributed by atoms with Gasteiger partial charge in [0.25, 0.3) is 0 Å². The smallest absolute Gasteiger partial charge is 0.217 e. The Labute approximate surface area is 140 Å². The number of nitrogens with zero attached hydrogens (tertiary/aromatic N) is 2. The highest BCUT2D eigenvalue weighted by atomic mass is 32.2. The highest BCUT2D eigenvalue weighted by Crippen LogP contribution is 2.45. The van der Waals surface area contributed by atoms with Gasteiger partial charge in [-0.1, -0.05) is 32.9 Å². The van der Waals surface area contributed by atoms with E-state index in [9.17, 15) is 5.26 Å². The molecule has 0 radical (unpaired) electrons. The van der Waals surface area contributed by atoms with E-state index in [4.69, 9.17) is 4.43 Å². The first kappa shape index (κ1) is 19.1. The molecular formula is C17H28N2OSSi. The molecule has 0 aliphatic rings. The number of hydrogen-bond donors (Lipinski definition) is 0. The number of rotatable bonds is 5. The van der Waals surface area contributed by atoms with Gasteiger partial charge in [-0.3, -0.25) is 0 Å². The molecule has 1 aromatic carbocycles. The quantitative estimate of drug-likeness (QED) is 0.571. The van der Waals surface area contributed by atoms with Gasteiger partial charge in [-0.05, 0) is 36.5 Å². The van der Waals surface area contributed by atoms with Crippen LogP contribution >= 0.6 is 11.8 Å². The fourth-order valence-electron chi connectivity index (χ4n) is 1.84. The second kappa shape index (κ2) is 6.65. The maximum absolute atomic E-state index is 9.85. The minimum atomic E-state index is -2.05. The first-order valence-electron chi connectivity index (χ1n) is 7.43. The molecule has 0 aromatic heterocycles. The molecule has 5 heteroatoms. The van der Waals surface area contributed by atoms with Crippen LogP contribution in [0.15, 0.2) is 24.3 Å². The molecule has 0 heterocycles. The van der Waals surface area contributed by atoms with Crippen molar-refractivity contribution in [2.24, 2.45) is 0 Å².